The third-order valence-corrected chi connectivity index (χ3v) is 2.68. The van der Waals surface area contributed by atoms with Crippen molar-refractivity contribution in [2.45, 2.75) is 19.4 Å². The normalized spacial score (nSPS) is 12.8. The summed E-state index contributed by atoms with van der Waals surface area (Å²) in [4.78, 5) is 0. The second-order valence-electron chi connectivity index (χ2n) is 3.44. The Morgan fingerprint density at radius 1 is 1.56 bits per heavy atom. The molecule has 0 aliphatic rings. The van der Waals surface area contributed by atoms with Crippen LogP contribution in [0, 0.1) is 5.82 Å². The number of hydrazine groups is 1. The van der Waals surface area contributed by atoms with Gasteiger partial charge in [0, 0.05) is 12.6 Å². The number of hydrogen-bond acceptors (Lipinski definition) is 3. The lowest BCUT2D eigenvalue weighted by molar-refractivity contribution is 0.123. The maximum atomic E-state index is 13.2. The summed E-state index contributed by atoms with van der Waals surface area (Å²) in [6.45, 7) is 3.00. The van der Waals surface area contributed by atoms with E-state index >= 15 is 0 Å². The Kier molecular flexibility index (Phi) is 5.69. The second kappa shape index (κ2) is 6.81. The summed E-state index contributed by atoms with van der Waals surface area (Å²) in [6, 6.07) is 4.67. The van der Waals surface area contributed by atoms with Gasteiger partial charge in [0.25, 0.3) is 0 Å². The van der Waals surface area contributed by atoms with Gasteiger partial charge in [-0.25, -0.2) is 4.39 Å². The minimum absolute atomic E-state index is 0.0701. The Hall–Kier alpha value is -0.680. The highest BCUT2D eigenvalue weighted by atomic mass is 35.5. The van der Waals surface area contributed by atoms with E-state index in [4.69, 9.17) is 22.2 Å². The minimum Gasteiger partial charge on any atom is -0.380 e. The van der Waals surface area contributed by atoms with Crippen LogP contribution in [0.15, 0.2) is 18.2 Å². The molecule has 0 aliphatic heterocycles. The summed E-state index contributed by atoms with van der Waals surface area (Å²) in [5, 5.41) is 0.152. The van der Waals surface area contributed by atoms with Crippen molar-refractivity contribution in [2.75, 3.05) is 13.2 Å². The molecule has 0 heterocycles. The fourth-order valence-corrected chi connectivity index (χ4v) is 1.60. The number of nitrogens with two attached hydrogens (primary N) is 1. The molecular formula is C11H16ClFN2O. The van der Waals surface area contributed by atoms with Gasteiger partial charge in [-0.1, -0.05) is 23.7 Å². The van der Waals surface area contributed by atoms with Crippen LogP contribution in [0.2, 0.25) is 5.02 Å². The molecule has 0 amide bonds. The molecule has 3 N–H and O–H groups in total. The van der Waals surface area contributed by atoms with Crippen molar-refractivity contribution < 1.29 is 9.13 Å². The molecule has 90 valence electrons. The highest BCUT2D eigenvalue weighted by Crippen LogP contribution is 2.20. The topological polar surface area (TPSA) is 47.3 Å². The summed E-state index contributed by atoms with van der Waals surface area (Å²) in [7, 11) is 0. The van der Waals surface area contributed by atoms with E-state index in [2.05, 4.69) is 5.43 Å². The van der Waals surface area contributed by atoms with Crippen molar-refractivity contribution in [1.29, 1.82) is 0 Å². The lowest BCUT2D eigenvalue weighted by Crippen LogP contribution is -2.40. The van der Waals surface area contributed by atoms with E-state index in [0.29, 0.717) is 19.6 Å². The maximum Gasteiger partial charge on any atom is 0.142 e. The number of nitrogens with one attached hydrogen (secondary N) is 1. The predicted octanol–water partition coefficient (Wildman–Crippen LogP) is 1.89. The highest BCUT2D eigenvalue weighted by molar-refractivity contribution is 6.31. The van der Waals surface area contributed by atoms with Gasteiger partial charge in [-0.3, -0.25) is 11.3 Å². The first-order chi connectivity index (χ1) is 7.69. The van der Waals surface area contributed by atoms with Gasteiger partial charge in [0.1, 0.15) is 5.82 Å². The largest absolute Gasteiger partial charge is 0.380 e. The average Bonchev–Trinajstić information content (AvgIpc) is 2.30. The Balaban J connectivity index is 2.66. The van der Waals surface area contributed by atoms with Gasteiger partial charge in [0.2, 0.25) is 0 Å². The van der Waals surface area contributed by atoms with E-state index < -0.39 is 5.82 Å². The van der Waals surface area contributed by atoms with Crippen LogP contribution in [0.3, 0.4) is 0 Å². The van der Waals surface area contributed by atoms with Crippen LogP contribution >= 0.6 is 11.6 Å². The highest BCUT2D eigenvalue weighted by Gasteiger charge is 2.12. The summed E-state index contributed by atoms with van der Waals surface area (Å²) in [5.74, 6) is 4.97. The van der Waals surface area contributed by atoms with Gasteiger partial charge in [-0.2, -0.15) is 0 Å². The van der Waals surface area contributed by atoms with Crippen LogP contribution in [0.1, 0.15) is 12.5 Å². The first-order valence-corrected chi connectivity index (χ1v) is 5.53. The lowest BCUT2D eigenvalue weighted by atomic mass is 10.1. The molecule has 3 nitrogen and oxygen atoms in total. The number of benzene rings is 1. The van der Waals surface area contributed by atoms with Gasteiger partial charge in [0.05, 0.1) is 11.6 Å². The molecule has 0 aliphatic carbocycles. The molecule has 1 unspecified atom stereocenters. The molecule has 1 atom stereocenters. The molecule has 0 aromatic heterocycles. The number of hydrogen-bond donors (Lipinski definition) is 2. The Bertz CT molecular complexity index is 336. The molecule has 1 rings (SSSR count). The molecule has 0 spiro atoms. The van der Waals surface area contributed by atoms with Crippen LogP contribution in [-0.4, -0.2) is 19.3 Å². The van der Waals surface area contributed by atoms with Gasteiger partial charge in [0.15, 0.2) is 0 Å². The second-order valence-corrected chi connectivity index (χ2v) is 3.82. The van der Waals surface area contributed by atoms with Crippen LogP contribution in [-0.2, 0) is 11.2 Å². The molecule has 1 aromatic rings. The molecule has 0 saturated heterocycles. The molecule has 0 bridgehead atoms. The SMILES string of the molecule is CCOCC(Cc1cccc(F)c1Cl)NN. The van der Waals surface area contributed by atoms with Gasteiger partial charge in [-0.05, 0) is 25.0 Å². The predicted molar refractivity (Wildman–Crippen MR) is 62.7 cm³/mol. The molecule has 1 aromatic carbocycles. The van der Waals surface area contributed by atoms with Crippen molar-refractivity contribution in [2.24, 2.45) is 5.84 Å². The van der Waals surface area contributed by atoms with Crippen molar-refractivity contribution in [1.82, 2.24) is 5.43 Å². The van der Waals surface area contributed by atoms with Crippen molar-refractivity contribution in [3.8, 4) is 0 Å². The van der Waals surface area contributed by atoms with Crippen molar-refractivity contribution in [3.05, 3.63) is 34.6 Å². The fourth-order valence-electron chi connectivity index (χ4n) is 1.40. The quantitative estimate of drug-likeness (QED) is 0.595. The lowest BCUT2D eigenvalue weighted by Gasteiger charge is -2.16. The molecule has 16 heavy (non-hydrogen) atoms. The molecule has 0 saturated carbocycles. The van der Waals surface area contributed by atoms with E-state index in [0.717, 1.165) is 5.56 Å². The average molecular weight is 247 g/mol. The summed E-state index contributed by atoms with van der Waals surface area (Å²) in [5.41, 5.74) is 3.35. The molecular weight excluding hydrogens is 231 g/mol. The molecule has 0 fully saturated rings. The van der Waals surface area contributed by atoms with Crippen LogP contribution in [0.25, 0.3) is 0 Å². The zero-order valence-electron chi connectivity index (χ0n) is 9.17. The Morgan fingerprint density at radius 2 is 2.31 bits per heavy atom. The zero-order chi connectivity index (χ0) is 12.0. The van der Waals surface area contributed by atoms with E-state index in [1.54, 1.807) is 12.1 Å². The van der Waals surface area contributed by atoms with E-state index in [-0.39, 0.29) is 11.1 Å². The molecule has 5 heteroatoms. The summed E-state index contributed by atoms with van der Waals surface area (Å²) in [6.07, 6.45) is 0.535. The number of ether oxygens (including phenoxy) is 1. The van der Waals surface area contributed by atoms with Crippen LogP contribution < -0.4 is 11.3 Å². The first kappa shape index (κ1) is 13.4. The van der Waals surface area contributed by atoms with Gasteiger partial charge in [-0.15, -0.1) is 0 Å². The third-order valence-electron chi connectivity index (χ3n) is 2.26. The van der Waals surface area contributed by atoms with Crippen LogP contribution in [0.5, 0.6) is 0 Å². The number of halogens is 2. The minimum atomic E-state index is -0.411. The van der Waals surface area contributed by atoms with E-state index in [1.807, 2.05) is 6.92 Å². The summed E-state index contributed by atoms with van der Waals surface area (Å²) >= 11 is 5.84. The van der Waals surface area contributed by atoms with Crippen molar-refractivity contribution >= 4 is 11.6 Å². The summed E-state index contributed by atoms with van der Waals surface area (Å²) < 4.78 is 18.4. The van der Waals surface area contributed by atoms with E-state index in [1.165, 1.54) is 6.07 Å². The maximum absolute atomic E-state index is 13.2. The monoisotopic (exact) mass is 246 g/mol. The fraction of sp³-hybridized carbons (Fsp3) is 0.455. The zero-order valence-corrected chi connectivity index (χ0v) is 9.93. The smallest absolute Gasteiger partial charge is 0.142 e. The molecule has 0 radical (unpaired) electrons. The third kappa shape index (κ3) is 3.72. The van der Waals surface area contributed by atoms with Gasteiger partial charge < -0.3 is 4.74 Å². The number of rotatable bonds is 6. The Labute approximate surface area is 99.7 Å². The van der Waals surface area contributed by atoms with Crippen LogP contribution in [0.4, 0.5) is 4.39 Å². The standard InChI is InChI=1S/C11H16ClFN2O/c1-2-16-7-9(15-14)6-8-4-3-5-10(13)11(8)12/h3-5,9,15H,2,6-7,14H2,1H3. The first-order valence-electron chi connectivity index (χ1n) is 5.15. The van der Waals surface area contributed by atoms with Gasteiger partial charge >= 0.3 is 0 Å². The van der Waals surface area contributed by atoms with E-state index in [9.17, 15) is 4.39 Å². The van der Waals surface area contributed by atoms with Crippen molar-refractivity contribution in [3.63, 3.8) is 0 Å². The Morgan fingerprint density at radius 3 is 2.94 bits per heavy atom.